The minimum absolute atomic E-state index is 0.00940. The molecule has 2 rings (SSSR count). The second kappa shape index (κ2) is 7.46. The van der Waals surface area contributed by atoms with E-state index in [4.69, 9.17) is 26.3 Å². The molecule has 0 heterocycles. The Morgan fingerprint density at radius 3 is 2.44 bits per heavy atom. The molecule has 2 aromatic rings. The summed E-state index contributed by atoms with van der Waals surface area (Å²) < 4.78 is 10.8. The SMILES string of the molecule is CCOc1cc(C#N)cc(Cl)c1Oc1ccc([N+](=O)[O-])cc1[N+](=O)[O-]. The zero-order valence-corrected chi connectivity index (χ0v) is 13.5. The van der Waals surface area contributed by atoms with Gasteiger partial charge in [-0.25, -0.2) is 0 Å². The highest BCUT2D eigenvalue weighted by Gasteiger charge is 2.23. The van der Waals surface area contributed by atoms with Gasteiger partial charge in [-0.1, -0.05) is 11.6 Å². The normalized spacial score (nSPS) is 9.96. The minimum atomic E-state index is -0.805. The lowest BCUT2D eigenvalue weighted by Crippen LogP contribution is -1.99. The molecule has 128 valence electrons. The highest BCUT2D eigenvalue weighted by molar-refractivity contribution is 6.32. The number of nitro groups is 2. The summed E-state index contributed by atoms with van der Waals surface area (Å²) >= 11 is 6.08. The van der Waals surface area contributed by atoms with Crippen LogP contribution in [0.25, 0.3) is 0 Å². The van der Waals surface area contributed by atoms with Crippen LogP contribution in [-0.2, 0) is 0 Å². The average Bonchev–Trinajstić information content (AvgIpc) is 2.57. The van der Waals surface area contributed by atoms with Gasteiger partial charge in [0.25, 0.3) is 5.69 Å². The third kappa shape index (κ3) is 3.94. The third-order valence-corrected chi connectivity index (χ3v) is 3.28. The van der Waals surface area contributed by atoms with E-state index < -0.39 is 21.2 Å². The molecule has 0 bridgehead atoms. The van der Waals surface area contributed by atoms with Gasteiger partial charge >= 0.3 is 5.69 Å². The molecule has 25 heavy (non-hydrogen) atoms. The fourth-order valence-corrected chi connectivity index (χ4v) is 2.20. The Morgan fingerprint density at radius 1 is 1.16 bits per heavy atom. The summed E-state index contributed by atoms with van der Waals surface area (Å²) in [6.07, 6.45) is 0. The van der Waals surface area contributed by atoms with Crippen LogP contribution in [0, 0.1) is 31.6 Å². The Hall–Kier alpha value is -3.38. The molecule has 9 nitrogen and oxygen atoms in total. The summed E-state index contributed by atoms with van der Waals surface area (Å²) in [5, 5.41) is 30.9. The van der Waals surface area contributed by atoms with E-state index in [1.165, 1.54) is 12.1 Å². The quantitative estimate of drug-likeness (QED) is 0.554. The molecule has 0 amide bonds. The first kappa shape index (κ1) is 18.0. The maximum atomic E-state index is 11.2. The zero-order valence-electron chi connectivity index (χ0n) is 12.8. The van der Waals surface area contributed by atoms with Gasteiger partial charge < -0.3 is 9.47 Å². The fourth-order valence-electron chi connectivity index (χ4n) is 1.95. The summed E-state index contributed by atoms with van der Waals surface area (Å²) in [6, 6.07) is 7.55. The Balaban J connectivity index is 2.54. The highest BCUT2D eigenvalue weighted by atomic mass is 35.5. The van der Waals surface area contributed by atoms with Gasteiger partial charge in [0, 0.05) is 12.1 Å². The van der Waals surface area contributed by atoms with Crippen LogP contribution in [0.5, 0.6) is 17.2 Å². The Bertz CT molecular complexity index is 894. The predicted molar refractivity (Wildman–Crippen MR) is 87.2 cm³/mol. The molecule has 0 saturated carbocycles. The molecule has 10 heteroatoms. The molecule has 0 unspecified atom stereocenters. The number of non-ortho nitro benzene ring substituents is 1. The number of ether oxygens (including phenoxy) is 2. The lowest BCUT2D eigenvalue weighted by Gasteiger charge is -2.13. The first-order chi connectivity index (χ1) is 11.9. The van der Waals surface area contributed by atoms with Crippen LogP contribution in [0.1, 0.15) is 12.5 Å². The van der Waals surface area contributed by atoms with Crippen LogP contribution in [0.4, 0.5) is 11.4 Å². The predicted octanol–water partition coefficient (Wildman–Crippen LogP) is 4.22. The molecule has 0 radical (unpaired) electrons. The van der Waals surface area contributed by atoms with E-state index in [1.807, 2.05) is 6.07 Å². The van der Waals surface area contributed by atoms with Crippen molar-refractivity contribution >= 4 is 23.0 Å². The van der Waals surface area contributed by atoms with Crippen LogP contribution < -0.4 is 9.47 Å². The van der Waals surface area contributed by atoms with Gasteiger partial charge in [-0.15, -0.1) is 0 Å². The van der Waals surface area contributed by atoms with Crippen molar-refractivity contribution < 1.29 is 19.3 Å². The molecule has 0 aliphatic carbocycles. The molecule has 0 saturated heterocycles. The maximum Gasteiger partial charge on any atom is 0.318 e. The number of hydrogen-bond acceptors (Lipinski definition) is 7. The van der Waals surface area contributed by atoms with E-state index in [0.29, 0.717) is 0 Å². The number of nitriles is 1. The first-order valence-electron chi connectivity index (χ1n) is 6.84. The van der Waals surface area contributed by atoms with Crippen molar-refractivity contribution in [3.05, 3.63) is 61.1 Å². The number of nitro benzene ring substituents is 2. The van der Waals surface area contributed by atoms with E-state index >= 15 is 0 Å². The molecule has 0 N–H and O–H groups in total. The summed E-state index contributed by atoms with van der Waals surface area (Å²) in [5.74, 6) is -0.151. The number of rotatable bonds is 6. The Labute approximate surface area is 146 Å². The smallest absolute Gasteiger partial charge is 0.318 e. The second-order valence-electron chi connectivity index (χ2n) is 4.60. The average molecular weight is 364 g/mol. The molecule has 0 aliphatic rings. The van der Waals surface area contributed by atoms with Gasteiger partial charge in [0.05, 0.1) is 39.2 Å². The van der Waals surface area contributed by atoms with Crippen molar-refractivity contribution in [3.63, 3.8) is 0 Å². The van der Waals surface area contributed by atoms with Gasteiger partial charge in [0.15, 0.2) is 11.5 Å². The fraction of sp³-hybridized carbons (Fsp3) is 0.133. The maximum absolute atomic E-state index is 11.2. The minimum Gasteiger partial charge on any atom is -0.490 e. The van der Waals surface area contributed by atoms with Crippen LogP contribution in [-0.4, -0.2) is 16.5 Å². The molecule has 0 aromatic heterocycles. The molecule has 0 spiro atoms. The zero-order chi connectivity index (χ0) is 18.6. The second-order valence-corrected chi connectivity index (χ2v) is 5.01. The lowest BCUT2D eigenvalue weighted by atomic mass is 10.2. The van der Waals surface area contributed by atoms with E-state index in [1.54, 1.807) is 6.92 Å². The summed E-state index contributed by atoms with van der Waals surface area (Å²) in [4.78, 5) is 20.4. The number of hydrogen-bond donors (Lipinski definition) is 0. The Morgan fingerprint density at radius 2 is 1.88 bits per heavy atom. The van der Waals surface area contributed by atoms with Crippen molar-refractivity contribution in [1.82, 2.24) is 0 Å². The van der Waals surface area contributed by atoms with Gasteiger partial charge in [0.1, 0.15) is 0 Å². The van der Waals surface area contributed by atoms with Crippen LogP contribution in [0.2, 0.25) is 5.02 Å². The van der Waals surface area contributed by atoms with Crippen molar-refractivity contribution in [2.24, 2.45) is 0 Å². The number of halogens is 1. The van der Waals surface area contributed by atoms with E-state index in [-0.39, 0.29) is 34.4 Å². The van der Waals surface area contributed by atoms with Crippen molar-refractivity contribution in [2.75, 3.05) is 6.61 Å². The highest BCUT2D eigenvalue weighted by Crippen LogP contribution is 2.42. The molecule has 0 aliphatic heterocycles. The Kier molecular flexibility index (Phi) is 5.36. The summed E-state index contributed by atoms with van der Waals surface area (Å²) in [7, 11) is 0. The molecule has 0 atom stereocenters. The van der Waals surface area contributed by atoms with Gasteiger partial charge in [0.2, 0.25) is 5.75 Å². The van der Waals surface area contributed by atoms with E-state index in [9.17, 15) is 20.2 Å². The summed E-state index contributed by atoms with van der Waals surface area (Å²) in [6.45, 7) is 1.94. The number of benzene rings is 2. The van der Waals surface area contributed by atoms with Crippen molar-refractivity contribution in [2.45, 2.75) is 6.92 Å². The van der Waals surface area contributed by atoms with Gasteiger partial charge in [-0.3, -0.25) is 20.2 Å². The number of nitrogens with zero attached hydrogens (tertiary/aromatic N) is 3. The van der Waals surface area contributed by atoms with Crippen LogP contribution in [0.3, 0.4) is 0 Å². The molecular formula is C15H10ClN3O6. The monoisotopic (exact) mass is 363 g/mol. The van der Waals surface area contributed by atoms with Crippen molar-refractivity contribution in [3.8, 4) is 23.3 Å². The van der Waals surface area contributed by atoms with Gasteiger partial charge in [-0.05, 0) is 19.1 Å². The standard InChI is InChI=1S/C15H10ClN3O6/c1-2-24-14-6-9(8-17)5-11(16)15(14)25-13-4-3-10(18(20)21)7-12(13)19(22)23/h3-7H,2H2,1H3. The topological polar surface area (TPSA) is 129 Å². The van der Waals surface area contributed by atoms with Crippen LogP contribution >= 0.6 is 11.6 Å². The third-order valence-electron chi connectivity index (χ3n) is 3.00. The molecule has 2 aromatic carbocycles. The summed E-state index contributed by atoms with van der Waals surface area (Å²) in [5.41, 5.74) is -0.828. The molecular weight excluding hydrogens is 354 g/mol. The van der Waals surface area contributed by atoms with Crippen molar-refractivity contribution in [1.29, 1.82) is 5.26 Å². The largest absolute Gasteiger partial charge is 0.490 e. The van der Waals surface area contributed by atoms with Crippen LogP contribution in [0.15, 0.2) is 30.3 Å². The molecule has 0 fully saturated rings. The van der Waals surface area contributed by atoms with Gasteiger partial charge in [-0.2, -0.15) is 5.26 Å². The van der Waals surface area contributed by atoms with E-state index in [2.05, 4.69) is 0 Å². The lowest BCUT2D eigenvalue weighted by molar-refractivity contribution is -0.394. The van der Waals surface area contributed by atoms with E-state index in [0.717, 1.165) is 18.2 Å². The first-order valence-corrected chi connectivity index (χ1v) is 7.22.